The molecule has 2 heteroatoms. The van der Waals surface area contributed by atoms with Gasteiger partial charge >= 0.3 is 0 Å². The van der Waals surface area contributed by atoms with Gasteiger partial charge in [-0.2, -0.15) is 0 Å². The van der Waals surface area contributed by atoms with Crippen LogP contribution in [0.2, 0.25) is 0 Å². The lowest BCUT2D eigenvalue weighted by Crippen LogP contribution is -2.29. The van der Waals surface area contributed by atoms with E-state index in [-0.39, 0.29) is 5.41 Å². The van der Waals surface area contributed by atoms with E-state index in [0.717, 1.165) is 39.0 Å². The lowest BCUT2D eigenvalue weighted by Gasteiger charge is -2.36. The molecule has 0 amide bonds. The van der Waals surface area contributed by atoms with Crippen molar-refractivity contribution in [2.45, 2.75) is 24.7 Å². The van der Waals surface area contributed by atoms with Crippen molar-refractivity contribution < 1.29 is 4.42 Å². The number of hydrogen-bond donors (Lipinski definition) is 0. The number of rotatable bonds is 5. The van der Waals surface area contributed by atoms with Gasteiger partial charge in [-0.3, -0.25) is 0 Å². The SMILES string of the molecule is CC1(C)c2ccccc2-c2c(N(c3ccccc3)c3cc(C4(c5ccccc5)c5ccccc5-c5ccccc54)c4c(c3)oc3ccccc34)cccc21. The maximum Gasteiger partial charge on any atom is 0.137 e. The zero-order chi connectivity index (χ0) is 36.0. The van der Waals surface area contributed by atoms with Gasteiger partial charge in [0.1, 0.15) is 11.2 Å². The molecule has 0 atom stereocenters. The predicted molar refractivity (Wildman–Crippen MR) is 223 cm³/mol. The van der Waals surface area contributed by atoms with Crippen LogP contribution < -0.4 is 4.90 Å². The number of para-hydroxylation sites is 2. The largest absolute Gasteiger partial charge is 0.456 e. The molecule has 9 aromatic rings. The Morgan fingerprint density at radius 3 is 1.72 bits per heavy atom. The maximum atomic E-state index is 6.93. The predicted octanol–water partition coefficient (Wildman–Crippen LogP) is 13.7. The molecule has 1 aromatic heterocycles. The van der Waals surface area contributed by atoms with E-state index < -0.39 is 5.41 Å². The fourth-order valence-corrected chi connectivity index (χ4v) is 9.87. The van der Waals surface area contributed by atoms with Gasteiger partial charge in [0.15, 0.2) is 0 Å². The van der Waals surface area contributed by atoms with Gasteiger partial charge in [0.2, 0.25) is 0 Å². The number of fused-ring (bicyclic) bond motifs is 9. The van der Waals surface area contributed by atoms with Crippen LogP contribution in [0.5, 0.6) is 0 Å². The molecule has 0 N–H and O–H groups in total. The standard InChI is InChI=1S/C52H37NO/c1-51(2)41-26-13-11-24-39(41)49-44(51)29-17-30-46(49)53(35-20-7-4-8-21-35)36-32-45(50-40-25-12-16-31-47(40)54-48(50)33-36)52(34-18-5-3-6-19-34)42-27-14-9-22-37(42)38-23-10-15-28-43(38)52/h3-33H,1-2H3. The molecular weight excluding hydrogens is 655 g/mol. The van der Waals surface area contributed by atoms with Crippen molar-refractivity contribution >= 4 is 39.0 Å². The first-order chi connectivity index (χ1) is 26.6. The first-order valence-corrected chi connectivity index (χ1v) is 18.9. The summed E-state index contributed by atoms with van der Waals surface area (Å²) in [4.78, 5) is 2.46. The van der Waals surface area contributed by atoms with E-state index in [2.05, 4.69) is 207 Å². The van der Waals surface area contributed by atoms with Crippen LogP contribution in [0.15, 0.2) is 192 Å². The van der Waals surface area contributed by atoms with Crippen molar-refractivity contribution in [1.29, 1.82) is 0 Å². The molecule has 2 nitrogen and oxygen atoms in total. The zero-order valence-corrected chi connectivity index (χ0v) is 30.3. The molecule has 0 saturated heterocycles. The van der Waals surface area contributed by atoms with Crippen molar-refractivity contribution in [1.82, 2.24) is 0 Å². The summed E-state index contributed by atoms with van der Waals surface area (Å²) in [7, 11) is 0. The van der Waals surface area contributed by atoms with E-state index in [1.165, 1.54) is 55.6 Å². The van der Waals surface area contributed by atoms with Crippen LogP contribution in [-0.2, 0) is 10.8 Å². The molecule has 0 unspecified atom stereocenters. The van der Waals surface area contributed by atoms with Crippen LogP contribution in [-0.4, -0.2) is 0 Å². The number of furan rings is 1. The fraction of sp³-hybridized carbons (Fsp3) is 0.0769. The Hall–Kier alpha value is -6.64. The third kappa shape index (κ3) is 4.11. The molecule has 11 rings (SSSR count). The number of hydrogen-bond acceptors (Lipinski definition) is 2. The number of nitrogens with zero attached hydrogens (tertiary/aromatic N) is 1. The van der Waals surface area contributed by atoms with E-state index in [1.54, 1.807) is 0 Å². The maximum absolute atomic E-state index is 6.93. The zero-order valence-electron chi connectivity index (χ0n) is 30.3. The summed E-state index contributed by atoms with van der Waals surface area (Å²) in [5.74, 6) is 0. The smallest absolute Gasteiger partial charge is 0.137 e. The van der Waals surface area contributed by atoms with Gasteiger partial charge in [-0.15, -0.1) is 0 Å². The number of anilines is 3. The van der Waals surface area contributed by atoms with E-state index in [1.807, 2.05) is 0 Å². The Morgan fingerprint density at radius 2 is 1.00 bits per heavy atom. The Kier molecular flexibility index (Phi) is 6.55. The van der Waals surface area contributed by atoms with Gasteiger partial charge in [-0.1, -0.05) is 166 Å². The lowest BCUT2D eigenvalue weighted by atomic mass is 9.66. The van der Waals surface area contributed by atoms with Gasteiger partial charge in [0, 0.05) is 33.5 Å². The minimum absolute atomic E-state index is 0.132. The highest BCUT2D eigenvalue weighted by atomic mass is 16.3. The molecule has 2 aliphatic rings. The molecule has 0 fully saturated rings. The van der Waals surface area contributed by atoms with Crippen LogP contribution >= 0.6 is 0 Å². The van der Waals surface area contributed by atoms with E-state index in [9.17, 15) is 0 Å². The summed E-state index contributed by atoms with van der Waals surface area (Å²) >= 11 is 0. The van der Waals surface area contributed by atoms with Crippen molar-refractivity contribution in [3.63, 3.8) is 0 Å². The summed E-state index contributed by atoms with van der Waals surface area (Å²) in [6, 6.07) is 68.9. The van der Waals surface area contributed by atoms with Gasteiger partial charge in [-0.25, -0.2) is 0 Å². The highest BCUT2D eigenvalue weighted by molar-refractivity contribution is 6.10. The van der Waals surface area contributed by atoms with E-state index in [4.69, 9.17) is 4.42 Å². The van der Waals surface area contributed by atoms with Gasteiger partial charge in [0.25, 0.3) is 0 Å². The van der Waals surface area contributed by atoms with Crippen LogP contribution in [0.3, 0.4) is 0 Å². The quantitative estimate of drug-likeness (QED) is 0.179. The summed E-state index contributed by atoms with van der Waals surface area (Å²) in [5.41, 5.74) is 17.1. The molecular formula is C52H37NO. The third-order valence-electron chi connectivity index (χ3n) is 12.1. The molecule has 0 aliphatic heterocycles. The molecule has 0 saturated carbocycles. The second-order valence-corrected chi connectivity index (χ2v) is 15.2. The van der Waals surface area contributed by atoms with Crippen molar-refractivity contribution in [3.05, 3.63) is 221 Å². The van der Waals surface area contributed by atoms with Gasteiger partial charge in [0.05, 0.1) is 16.8 Å². The molecule has 0 radical (unpaired) electrons. The van der Waals surface area contributed by atoms with Crippen LogP contribution in [0.25, 0.3) is 44.2 Å². The minimum Gasteiger partial charge on any atom is -0.456 e. The van der Waals surface area contributed by atoms with Crippen molar-refractivity contribution in [3.8, 4) is 22.3 Å². The first-order valence-electron chi connectivity index (χ1n) is 18.9. The molecule has 0 bridgehead atoms. The summed E-state index contributed by atoms with van der Waals surface area (Å²) in [5, 5.41) is 2.26. The van der Waals surface area contributed by atoms with Crippen LogP contribution in [0.4, 0.5) is 17.1 Å². The Labute approximate surface area is 315 Å². The highest BCUT2D eigenvalue weighted by Gasteiger charge is 2.48. The third-order valence-corrected chi connectivity index (χ3v) is 12.1. The Morgan fingerprint density at radius 1 is 0.426 bits per heavy atom. The first kappa shape index (κ1) is 30.9. The summed E-state index contributed by atoms with van der Waals surface area (Å²) in [6.07, 6.45) is 0. The summed E-state index contributed by atoms with van der Waals surface area (Å²) in [6.45, 7) is 4.71. The van der Waals surface area contributed by atoms with Gasteiger partial charge in [-0.05, 0) is 80.4 Å². The Balaban J connectivity index is 1.30. The summed E-state index contributed by atoms with van der Waals surface area (Å²) < 4.78 is 6.93. The van der Waals surface area contributed by atoms with E-state index in [0.29, 0.717) is 0 Å². The fourth-order valence-electron chi connectivity index (χ4n) is 9.87. The normalized spacial score (nSPS) is 14.4. The van der Waals surface area contributed by atoms with Crippen LogP contribution in [0.1, 0.15) is 47.2 Å². The molecule has 2 aliphatic carbocycles. The van der Waals surface area contributed by atoms with Crippen molar-refractivity contribution in [2.75, 3.05) is 4.90 Å². The minimum atomic E-state index is -0.620. The molecule has 0 spiro atoms. The average Bonchev–Trinajstić information content (AvgIpc) is 3.83. The molecule has 1 heterocycles. The highest BCUT2D eigenvalue weighted by Crippen LogP contribution is 2.60. The van der Waals surface area contributed by atoms with Gasteiger partial charge < -0.3 is 9.32 Å². The lowest BCUT2D eigenvalue weighted by molar-refractivity contribution is 0.660. The molecule has 54 heavy (non-hydrogen) atoms. The molecule has 256 valence electrons. The monoisotopic (exact) mass is 691 g/mol. The van der Waals surface area contributed by atoms with Crippen LogP contribution in [0, 0.1) is 0 Å². The average molecular weight is 692 g/mol. The second kappa shape index (κ2) is 11.4. The Bertz CT molecular complexity index is 2870. The van der Waals surface area contributed by atoms with E-state index >= 15 is 0 Å². The second-order valence-electron chi connectivity index (χ2n) is 15.2. The van der Waals surface area contributed by atoms with Crippen molar-refractivity contribution in [2.24, 2.45) is 0 Å². The topological polar surface area (TPSA) is 16.4 Å². The molecule has 8 aromatic carbocycles. The number of benzene rings is 8.